The molecule has 0 saturated carbocycles. The second-order valence-electron chi connectivity index (χ2n) is 6.21. The highest BCUT2D eigenvalue weighted by atomic mass is 35.5. The van der Waals surface area contributed by atoms with E-state index >= 15 is 0 Å². The summed E-state index contributed by atoms with van der Waals surface area (Å²) in [4.78, 5) is 12.4. The SMILES string of the molecule is CC(NC(=O)[C@H]1NCCO[C@@H]1C)C1Oc2ccccc2C1C.Cl. The Balaban J connectivity index is 0.00000192. The average molecular weight is 341 g/mol. The topological polar surface area (TPSA) is 59.6 Å². The minimum atomic E-state index is -0.296. The van der Waals surface area contributed by atoms with Crippen molar-refractivity contribution < 1.29 is 14.3 Å². The van der Waals surface area contributed by atoms with Crippen LogP contribution in [0.1, 0.15) is 32.3 Å². The first-order chi connectivity index (χ1) is 10.6. The molecule has 2 N–H and O–H groups in total. The minimum Gasteiger partial charge on any atom is -0.487 e. The molecule has 0 aromatic heterocycles. The van der Waals surface area contributed by atoms with Crippen molar-refractivity contribution in [1.29, 1.82) is 0 Å². The Bertz CT molecular complexity index is 554. The molecule has 5 nitrogen and oxygen atoms in total. The highest BCUT2D eigenvalue weighted by Crippen LogP contribution is 2.38. The fourth-order valence-corrected chi connectivity index (χ4v) is 3.35. The van der Waals surface area contributed by atoms with E-state index in [1.165, 1.54) is 5.56 Å². The highest BCUT2D eigenvalue weighted by molar-refractivity contribution is 5.85. The Morgan fingerprint density at radius 2 is 2.09 bits per heavy atom. The summed E-state index contributed by atoms with van der Waals surface area (Å²) in [6.45, 7) is 7.42. The minimum absolute atomic E-state index is 0. The van der Waals surface area contributed by atoms with Crippen LogP contribution in [-0.2, 0) is 9.53 Å². The maximum Gasteiger partial charge on any atom is 0.240 e. The largest absolute Gasteiger partial charge is 0.487 e. The van der Waals surface area contributed by atoms with Crippen LogP contribution in [0, 0.1) is 0 Å². The summed E-state index contributed by atoms with van der Waals surface area (Å²) in [5.41, 5.74) is 1.21. The van der Waals surface area contributed by atoms with Crippen LogP contribution in [0.2, 0.25) is 0 Å². The van der Waals surface area contributed by atoms with E-state index in [0.717, 1.165) is 5.75 Å². The number of nitrogens with one attached hydrogen (secondary N) is 2. The van der Waals surface area contributed by atoms with Crippen molar-refractivity contribution in [2.75, 3.05) is 13.2 Å². The predicted octanol–water partition coefficient (Wildman–Crippen LogP) is 1.85. The fourth-order valence-electron chi connectivity index (χ4n) is 3.35. The number of amides is 1. The fraction of sp³-hybridized carbons (Fsp3) is 0.588. The van der Waals surface area contributed by atoms with Crippen LogP contribution < -0.4 is 15.4 Å². The lowest BCUT2D eigenvalue weighted by atomic mass is 9.93. The molecule has 3 unspecified atom stereocenters. The lowest BCUT2D eigenvalue weighted by Crippen LogP contribution is -2.58. The summed E-state index contributed by atoms with van der Waals surface area (Å²) in [6.07, 6.45) is -0.152. The third kappa shape index (κ3) is 3.62. The standard InChI is InChI=1S/C17H24N2O3.ClH/c1-10-13-6-4-5-7-14(13)22-16(10)11(2)19-17(20)15-12(3)21-9-8-18-15;/h4-7,10-12,15-16,18H,8-9H2,1-3H3,(H,19,20);1H/t10?,11?,12-,15+,16?;/m1./s1. The van der Waals surface area contributed by atoms with Crippen molar-refractivity contribution in [2.24, 2.45) is 0 Å². The van der Waals surface area contributed by atoms with Crippen molar-refractivity contribution in [3.63, 3.8) is 0 Å². The zero-order valence-electron chi connectivity index (χ0n) is 13.7. The Kier molecular flexibility index (Phi) is 5.89. The summed E-state index contributed by atoms with van der Waals surface area (Å²) < 4.78 is 11.6. The molecule has 1 aromatic carbocycles. The highest BCUT2D eigenvalue weighted by Gasteiger charge is 2.37. The third-order valence-corrected chi connectivity index (χ3v) is 4.63. The molecule has 2 heterocycles. The van der Waals surface area contributed by atoms with Crippen molar-refractivity contribution in [1.82, 2.24) is 10.6 Å². The average Bonchev–Trinajstić information content (AvgIpc) is 2.85. The summed E-state index contributed by atoms with van der Waals surface area (Å²) in [7, 11) is 0. The summed E-state index contributed by atoms with van der Waals surface area (Å²) in [6, 6.07) is 7.71. The lowest BCUT2D eigenvalue weighted by Gasteiger charge is -2.31. The Hall–Kier alpha value is -1.30. The summed E-state index contributed by atoms with van der Waals surface area (Å²) in [5.74, 6) is 1.17. The van der Waals surface area contributed by atoms with Gasteiger partial charge in [0.25, 0.3) is 0 Å². The van der Waals surface area contributed by atoms with Crippen LogP contribution in [0.5, 0.6) is 5.75 Å². The quantitative estimate of drug-likeness (QED) is 0.881. The normalized spacial score (nSPS) is 30.6. The first kappa shape index (κ1) is 18.0. The van der Waals surface area contributed by atoms with Gasteiger partial charge in [0.15, 0.2) is 0 Å². The number of hydrogen-bond donors (Lipinski definition) is 2. The Labute approximate surface area is 143 Å². The molecule has 1 saturated heterocycles. The van der Waals surface area contributed by atoms with Crippen molar-refractivity contribution in [3.05, 3.63) is 29.8 Å². The predicted molar refractivity (Wildman–Crippen MR) is 91.3 cm³/mol. The Morgan fingerprint density at radius 3 is 2.78 bits per heavy atom. The van der Waals surface area contributed by atoms with Gasteiger partial charge < -0.3 is 20.1 Å². The molecule has 5 atom stereocenters. The molecule has 6 heteroatoms. The zero-order chi connectivity index (χ0) is 15.7. The molecule has 23 heavy (non-hydrogen) atoms. The van der Waals surface area contributed by atoms with Gasteiger partial charge in [-0.2, -0.15) is 0 Å². The van der Waals surface area contributed by atoms with Crippen LogP contribution in [-0.4, -0.2) is 43.4 Å². The second kappa shape index (κ2) is 7.51. The number of para-hydroxylation sites is 1. The number of carbonyl (C=O) groups excluding carboxylic acids is 1. The molecule has 0 bridgehead atoms. The number of hydrogen-bond acceptors (Lipinski definition) is 4. The molecule has 1 amide bonds. The number of benzene rings is 1. The molecule has 128 valence electrons. The molecular formula is C17H25ClN2O3. The molecule has 1 fully saturated rings. The van der Waals surface area contributed by atoms with Crippen molar-refractivity contribution in [2.45, 2.75) is 51.0 Å². The van der Waals surface area contributed by atoms with E-state index in [1.54, 1.807) is 0 Å². The second-order valence-corrected chi connectivity index (χ2v) is 6.21. The van der Waals surface area contributed by atoms with E-state index in [-0.39, 0.29) is 48.5 Å². The lowest BCUT2D eigenvalue weighted by molar-refractivity contribution is -0.130. The van der Waals surface area contributed by atoms with Gasteiger partial charge in [0.2, 0.25) is 5.91 Å². The van der Waals surface area contributed by atoms with Gasteiger partial charge in [-0.25, -0.2) is 0 Å². The van der Waals surface area contributed by atoms with E-state index in [4.69, 9.17) is 9.47 Å². The number of morpholine rings is 1. The maximum atomic E-state index is 12.4. The third-order valence-electron chi connectivity index (χ3n) is 4.63. The molecular weight excluding hydrogens is 316 g/mol. The first-order valence-corrected chi connectivity index (χ1v) is 7.99. The molecule has 2 aliphatic heterocycles. The molecule has 3 rings (SSSR count). The van der Waals surface area contributed by atoms with Crippen LogP contribution in [0.4, 0.5) is 0 Å². The molecule has 1 aromatic rings. The number of rotatable bonds is 3. The molecule has 2 aliphatic rings. The first-order valence-electron chi connectivity index (χ1n) is 7.99. The smallest absolute Gasteiger partial charge is 0.240 e. The van der Waals surface area contributed by atoms with E-state index in [1.807, 2.05) is 32.0 Å². The number of halogens is 1. The molecule has 0 spiro atoms. The van der Waals surface area contributed by atoms with Crippen LogP contribution in [0.25, 0.3) is 0 Å². The zero-order valence-corrected chi connectivity index (χ0v) is 14.6. The van der Waals surface area contributed by atoms with Crippen molar-refractivity contribution >= 4 is 18.3 Å². The number of ether oxygens (including phenoxy) is 2. The van der Waals surface area contributed by atoms with Gasteiger partial charge in [0.05, 0.1) is 18.8 Å². The molecule has 0 radical (unpaired) electrons. The van der Waals surface area contributed by atoms with E-state index < -0.39 is 0 Å². The summed E-state index contributed by atoms with van der Waals surface area (Å²) in [5, 5.41) is 6.30. The van der Waals surface area contributed by atoms with Gasteiger partial charge >= 0.3 is 0 Å². The monoisotopic (exact) mass is 340 g/mol. The van der Waals surface area contributed by atoms with Gasteiger partial charge in [-0.05, 0) is 19.9 Å². The van der Waals surface area contributed by atoms with Gasteiger partial charge in [0.1, 0.15) is 17.9 Å². The Morgan fingerprint density at radius 1 is 1.35 bits per heavy atom. The van der Waals surface area contributed by atoms with Crippen molar-refractivity contribution in [3.8, 4) is 5.75 Å². The van der Waals surface area contributed by atoms with E-state index in [9.17, 15) is 4.79 Å². The van der Waals surface area contributed by atoms with Crippen LogP contribution in [0.3, 0.4) is 0 Å². The maximum absolute atomic E-state index is 12.4. The molecule has 0 aliphatic carbocycles. The number of carbonyl (C=O) groups is 1. The number of fused-ring (bicyclic) bond motifs is 1. The van der Waals surface area contributed by atoms with Gasteiger partial charge in [-0.3, -0.25) is 4.79 Å². The van der Waals surface area contributed by atoms with Gasteiger partial charge in [-0.1, -0.05) is 25.1 Å². The van der Waals surface area contributed by atoms with E-state index in [2.05, 4.69) is 23.6 Å². The van der Waals surface area contributed by atoms with Crippen LogP contribution in [0.15, 0.2) is 24.3 Å². The van der Waals surface area contributed by atoms with Gasteiger partial charge in [-0.15, -0.1) is 12.4 Å². The van der Waals surface area contributed by atoms with E-state index in [0.29, 0.717) is 13.2 Å². The van der Waals surface area contributed by atoms with Gasteiger partial charge in [0, 0.05) is 18.0 Å². The van der Waals surface area contributed by atoms with Crippen LogP contribution >= 0.6 is 12.4 Å². The summed E-state index contributed by atoms with van der Waals surface area (Å²) >= 11 is 0.